The summed E-state index contributed by atoms with van der Waals surface area (Å²) in [6.45, 7) is 0. The van der Waals surface area contributed by atoms with Gasteiger partial charge >= 0.3 is 0 Å². The molecule has 0 bridgehead atoms. The van der Waals surface area contributed by atoms with E-state index in [0.29, 0.717) is 0 Å². The summed E-state index contributed by atoms with van der Waals surface area (Å²) in [6.07, 6.45) is 0. The van der Waals surface area contributed by atoms with Gasteiger partial charge in [-0.15, -0.1) is 0 Å². The average Bonchev–Trinajstić information content (AvgIpc) is 3.71. The Morgan fingerprint density at radius 2 is 0.680 bits per heavy atom. The topological polar surface area (TPSA) is 9.86 Å². The minimum atomic E-state index is 1.15. The molecule has 2 heterocycles. The third-order valence-electron chi connectivity index (χ3n) is 10.7. The van der Waals surface area contributed by atoms with Gasteiger partial charge in [-0.05, 0) is 86.6 Å². The Morgan fingerprint density at radius 1 is 0.260 bits per heavy atom. The van der Waals surface area contributed by atoms with Gasteiger partial charge in [0.25, 0.3) is 0 Å². The van der Waals surface area contributed by atoms with E-state index in [9.17, 15) is 0 Å². The molecule has 0 aliphatic heterocycles. The Balaban J connectivity index is 1.28. The molecule has 2 nitrogen and oxygen atoms in total. The van der Waals surface area contributed by atoms with Crippen LogP contribution in [0.15, 0.2) is 182 Å². The van der Waals surface area contributed by atoms with Gasteiger partial charge in [-0.1, -0.05) is 133 Å². The number of nitrogens with zero attached hydrogens (tertiary/aromatic N) is 2. The highest BCUT2D eigenvalue weighted by molar-refractivity contribution is 6.28. The molecule has 2 heteroatoms. The molecule has 0 radical (unpaired) electrons. The van der Waals surface area contributed by atoms with Gasteiger partial charge in [0.1, 0.15) is 0 Å². The second kappa shape index (κ2) is 10.4. The van der Waals surface area contributed by atoms with Crippen LogP contribution in [0.2, 0.25) is 0 Å². The number of hydrogen-bond acceptors (Lipinski definition) is 0. The summed E-state index contributed by atoms with van der Waals surface area (Å²) in [5.74, 6) is 0. The zero-order valence-electron chi connectivity index (χ0n) is 27.2. The van der Waals surface area contributed by atoms with E-state index in [1.54, 1.807) is 0 Å². The Morgan fingerprint density at radius 3 is 1.22 bits per heavy atom. The van der Waals surface area contributed by atoms with Crippen molar-refractivity contribution < 1.29 is 0 Å². The lowest BCUT2D eigenvalue weighted by Gasteiger charge is -2.19. The van der Waals surface area contributed by atoms with Gasteiger partial charge in [0, 0.05) is 32.6 Å². The zero-order chi connectivity index (χ0) is 32.8. The van der Waals surface area contributed by atoms with Crippen LogP contribution in [-0.2, 0) is 0 Å². The van der Waals surface area contributed by atoms with Gasteiger partial charge in [0.2, 0.25) is 0 Å². The van der Waals surface area contributed by atoms with E-state index in [4.69, 9.17) is 0 Å². The highest BCUT2D eigenvalue weighted by atomic mass is 15.0. The number of fused-ring (bicyclic) bond motifs is 12. The molecule has 0 unspecified atom stereocenters. The normalized spacial score (nSPS) is 12.0. The fourth-order valence-electron chi connectivity index (χ4n) is 8.56. The predicted molar refractivity (Wildman–Crippen MR) is 213 cm³/mol. The first-order valence-electron chi connectivity index (χ1n) is 17.3. The van der Waals surface area contributed by atoms with Crippen molar-refractivity contribution in [1.82, 2.24) is 9.13 Å². The van der Waals surface area contributed by atoms with Crippen LogP contribution >= 0.6 is 0 Å². The van der Waals surface area contributed by atoms with Crippen molar-refractivity contribution in [3.8, 4) is 22.5 Å². The van der Waals surface area contributed by atoms with Crippen molar-refractivity contribution in [2.75, 3.05) is 0 Å². The Bertz CT molecular complexity index is 3050. The Hall–Kier alpha value is -6.64. The fraction of sp³-hybridized carbons (Fsp3) is 0. The zero-order valence-corrected chi connectivity index (χ0v) is 27.2. The molecule has 0 saturated carbocycles. The monoisotopic (exact) mass is 634 g/mol. The smallest absolute Gasteiger partial charge is 0.0553 e. The second-order valence-corrected chi connectivity index (χ2v) is 13.3. The van der Waals surface area contributed by atoms with Crippen LogP contribution < -0.4 is 0 Å². The predicted octanol–water partition coefficient (Wildman–Crippen LogP) is 13.0. The van der Waals surface area contributed by atoms with E-state index >= 15 is 0 Å². The highest BCUT2D eigenvalue weighted by Crippen LogP contribution is 2.43. The summed E-state index contributed by atoms with van der Waals surface area (Å²) < 4.78 is 4.90. The number of aromatic nitrogens is 2. The van der Waals surface area contributed by atoms with Crippen molar-refractivity contribution >= 4 is 75.9 Å². The van der Waals surface area contributed by atoms with E-state index < -0.39 is 0 Å². The standard InChI is InChI=1S/C48H30N2/c1-2-18-36-34(16-1)35-17-3-4-23-41(35)48-42(36)29-32(30-47(48)50-45-26-11-7-21-39(45)40-22-8-12-27-46(40)50)31-14-13-15-33(28-31)49-43-24-9-5-19-37(43)38-20-6-10-25-44(38)49/h1-30H. The number of rotatable bonds is 3. The van der Waals surface area contributed by atoms with Crippen LogP contribution in [-0.4, -0.2) is 9.13 Å². The molecule has 9 aromatic carbocycles. The SMILES string of the molecule is c1cc(-c2cc(-n3c4ccccc4c4ccccc43)c3c4ccccc4c4ccccc4c3c2)cc(-n2c3ccccc3c3ccccc32)c1. The lowest BCUT2D eigenvalue weighted by molar-refractivity contribution is 1.18. The summed E-state index contributed by atoms with van der Waals surface area (Å²) in [5.41, 5.74) is 9.58. The summed E-state index contributed by atoms with van der Waals surface area (Å²) in [7, 11) is 0. The maximum absolute atomic E-state index is 2.49. The van der Waals surface area contributed by atoms with Gasteiger partial charge < -0.3 is 9.13 Å². The Kier molecular flexibility index (Phi) is 5.70. The molecule has 0 saturated heterocycles. The molecule has 2 aromatic heterocycles. The van der Waals surface area contributed by atoms with Gasteiger partial charge in [-0.25, -0.2) is 0 Å². The molecule has 0 fully saturated rings. The lowest BCUT2D eigenvalue weighted by atomic mass is 9.90. The third-order valence-corrected chi connectivity index (χ3v) is 10.7. The maximum atomic E-state index is 2.49. The first-order valence-corrected chi connectivity index (χ1v) is 17.3. The molecule has 0 aliphatic rings. The third kappa shape index (κ3) is 3.79. The molecule has 232 valence electrons. The molecule has 0 N–H and O–H groups in total. The first-order chi connectivity index (χ1) is 24.8. The van der Waals surface area contributed by atoms with Crippen molar-refractivity contribution in [2.45, 2.75) is 0 Å². The lowest BCUT2D eigenvalue weighted by Crippen LogP contribution is -1.98. The minimum absolute atomic E-state index is 1.15. The van der Waals surface area contributed by atoms with Crippen molar-refractivity contribution in [3.63, 3.8) is 0 Å². The first kappa shape index (κ1) is 27.3. The van der Waals surface area contributed by atoms with Crippen molar-refractivity contribution in [1.29, 1.82) is 0 Å². The van der Waals surface area contributed by atoms with E-state index in [1.807, 2.05) is 0 Å². The summed E-state index contributed by atoms with van der Waals surface area (Å²) in [6, 6.07) is 66.8. The summed E-state index contributed by atoms with van der Waals surface area (Å²) in [5, 5.41) is 12.7. The highest BCUT2D eigenvalue weighted by Gasteiger charge is 2.20. The molecule has 0 amide bonds. The minimum Gasteiger partial charge on any atom is -0.309 e. The molecule has 0 spiro atoms. The van der Waals surface area contributed by atoms with Crippen molar-refractivity contribution in [2.24, 2.45) is 0 Å². The van der Waals surface area contributed by atoms with Gasteiger partial charge in [-0.2, -0.15) is 0 Å². The van der Waals surface area contributed by atoms with Crippen LogP contribution in [0.5, 0.6) is 0 Å². The fourth-order valence-corrected chi connectivity index (χ4v) is 8.56. The largest absolute Gasteiger partial charge is 0.309 e. The molecule has 11 rings (SSSR count). The van der Waals surface area contributed by atoms with Crippen LogP contribution in [0.1, 0.15) is 0 Å². The van der Waals surface area contributed by atoms with Crippen LogP contribution in [0, 0.1) is 0 Å². The summed E-state index contributed by atoms with van der Waals surface area (Å²) >= 11 is 0. The van der Waals surface area contributed by atoms with E-state index in [0.717, 1.165) is 5.69 Å². The molecular formula is C48H30N2. The average molecular weight is 635 g/mol. The molecule has 50 heavy (non-hydrogen) atoms. The molecule has 0 atom stereocenters. The number of para-hydroxylation sites is 4. The maximum Gasteiger partial charge on any atom is 0.0553 e. The van der Waals surface area contributed by atoms with Crippen LogP contribution in [0.25, 0.3) is 98.4 Å². The van der Waals surface area contributed by atoms with Gasteiger partial charge in [0.05, 0.1) is 27.8 Å². The van der Waals surface area contributed by atoms with E-state index in [2.05, 4.69) is 191 Å². The summed E-state index contributed by atoms with van der Waals surface area (Å²) in [4.78, 5) is 0. The van der Waals surface area contributed by atoms with Crippen LogP contribution in [0.4, 0.5) is 0 Å². The quantitative estimate of drug-likeness (QED) is 0.171. The Labute approximate surface area is 288 Å². The molecular weight excluding hydrogens is 605 g/mol. The van der Waals surface area contributed by atoms with Gasteiger partial charge in [0.15, 0.2) is 0 Å². The number of hydrogen-bond donors (Lipinski definition) is 0. The van der Waals surface area contributed by atoms with Crippen molar-refractivity contribution in [3.05, 3.63) is 182 Å². The molecule has 11 aromatic rings. The van der Waals surface area contributed by atoms with Gasteiger partial charge in [-0.3, -0.25) is 0 Å². The van der Waals surface area contributed by atoms with E-state index in [-0.39, 0.29) is 0 Å². The van der Waals surface area contributed by atoms with E-state index in [1.165, 1.54) is 92.7 Å². The van der Waals surface area contributed by atoms with Crippen LogP contribution in [0.3, 0.4) is 0 Å². The number of benzene rings is 9. The molecule has 0 aliphatic carbocycles. The second-order valence-electron chi connectivity index (χ2n) is 13.3.